The van der Waals surface area contributed by atoms with Crippen molar-refractivity contribution in [3.63, 3.8) is 0 Å². The Labute approximate surface area is 247 Å². The highest BCUT2D eigenvalue weighted by atomic mass is 79.9. The van der Waals surface area contributed by atoms with Crippen LogP contribution in [0.15, 0.2) is 24.3 Å². The first-order valence-electron chi connectivity index (χ1n) is 6.22. The topological polar surface area (TPSA) is 9.23 Å². The summed E-state index contributed by atoms with van der Waals surface area (Å²) in [5.74, 6) is 0. The molecule has 2 rings (SSSR count). The monoisotopic (exact) mass is 1110 g/mol. The first-order chi connectivity index (χ1) is 11.0. The van der Waals surface area contributed by atoms with Gasteiger partial charge >= 0.3 is 0 Å². The second kappa shape index (κ2) is 8.52. The lowest BCUT2D eigenvalue weighted by molar-refractivity contribution is -0.00810. The van der Waals surface area contributed by atoms with E-state index in [-0.39, 0.29) is 9.65 Å². The Kier molecular flexibility index (Phi) is 9.02. The van der Waals surface area contributed by atoms with Crippen molar-refractivity contribution in [2.45, 2.75) is 31.6 Å². The molecule has 25 heavy (non-hydrogen) atoms. The van der Waals surface area contributed by atoms with E-state index in [9.17, 15) is 0 Å². The van der Waals surface area contributed by atoms with Gasteiger partial charge in [0.25, 0.3) is 0 Å². The van der Waals surface area contributed by atoms with Crippen molar-refractivity contribution < 1.29 is 4.74 Å². The summed E-state index contributed by atoms with van der Waals surface area (Å²) in [6, 6.07) is 0. The van der Waals surface area contributed by atoms with Crippen molar-refractivity contribution in [2.24, 2.45) is 0 Å². The molecule has 4 unspecified atom stereocenters. The van der Waals surface area contributed by atoms with Crippen LogP contribution in [0.2, 0.25) is 0 Å². The van der Waals surface area contributed by atoms with Crippen molar-refractivity contribution in [3.05, 3.63) is 24.3 Å². The third kappa shape index (κ3) is 4.26. The Morgan fingerprint density at radius 1 is 0.560 bits per heavy atom. The molecule has 0 saturated carbocycles. The molecule has 144 valence electrons. The van der Waals surface area contributed by atoms with Gasteiger partial charge < -0.3 is 4.74 Å². The molecule has 4 atom stereocenters. The molecule has 0 spiro atoms. The Morgan fingerprint density at radius 3 is 1.12 bits per heavy atom. The first kappa shape index (κ1) is 26.5. The van der Waals surface area contributed by atoms with Crippen molar-refractivity contribution in [3.8, 4) is 0 Å². The normalized spacial score (nSPS) is 43.8. The van der Waals surface area contributed by atoms with E-state index in [0.29, 0.717) is 0 Å². The Bertz CT molecular complexity index is 561. The quantitative estimate of drug-likeness (QED) is 0.198. The van der Waals surface area contributed by atoms with Crippen LogP contribution < -0.4 is 0 Å². The Hall–Kier alpha value is 5.20. The summed E-state index contributed by atoms with van der Waals surface area (Å²) in [4.78, 5) is -0.00508. The molecule has 0 aromatic carbocycles. The lowest BCUT2D eigenvalue weighted by Crippen LogP contribution is -2.64. The van der Waals surface area contributed by atoms with Crippen LogP contribution in [0.5, 0.6) is 0 Å². The summed E-state index contributed by atoms with van der Waals surface area (Å²) in [5, 5.41) is 0. The lowest BCUT2D eigenvalue weighted by Gasteiger charge is -2.55. The molecule has 0 saturated heterocycles. The van der Waals surface area contributed by atoms with Crippen LogP contribution in [-0.4, -0.2) is 31.6 Å². The first-order valence-corrected chi connectivity index (χ1v) is 16.0. The molecule has 1 nitrogen and oxygen atoms in total. The van der Waals surface area contributed by atoms with E-state index >= 15 is 0 Å². The second-order valence-corrected chi connectivity index (χ2v) is 23.7. The highest BCUT2D eigenvalue weighted by Crippen LogP contribution is 2.68. The van der Waals surface area contributed by atoms with E-state index < -0.39 is 22.0 Å². The number of hydrogen-bond donors (Lipinski definition) is 0. The van der Waals surface area contributed by atoms with E-state index in [1.54, 1.807) is 0 Å². The van der Waals surface area contributed by atoms with Gasteiger partial charge in [0.05, 0.1) is 9.65 Å². The summed E-state index contributed by atoms with van der Waals surface area (Å²) in [6.07, 6.45) is 7.87. The molecule has 2 aliphatic rings. The average molecular weight is 1130 g/mol. The summed E-state index contributed by atoms with van der Waals surface area (Å²) < 4.78 is 2.00. The molecule has 0 radical (unpaired) electrons. The number of halogens is 12. The zero-order valence-electron chi connectivity index (χ0n) is 11.4. The highest BCUT2D eigenvalue weighted by molar-refractivity contribution is 9.32. The van der Waals surface area contributed by atoms with Gasteiger partial charge in [0, 0.05) is 0 Å². The Balaban J connectivity index is 2.54. The van der Waals surface area contributed by atoms with Crippen molar-refractivity contribution in [1.82, 2.24) is 0 Å². The molecular formula is C12H6Br12O. The van der Waals surface area contributed by atoms with Crippen molar-refractivity contribution in [1.29, 1.82) is 0 Å². The van der Waals surface area contributed by atoms with Crippen LogP contribution in [0.1, 0.15) is 0 Å². The summed E-state index contributed by atoms with van der Waals surface area (Å²) >= 11 is 44.8. The predicted molar refractivity (Wildman–Crippen MR) is 150 cm³/mol. The molecule has 0 heterocycles. The fraction of sp³-hybridized carbons (Fsp3) is 0.667. The standard InChI is InChI=1S/C12H6Br12O/c13-5-1-3-7(15,11(21,22)9(5,17)18)25-8(16)4-2-6(14)10(19,20)12(8,23)24/h1-6H. The summed E-state index contributed by atoms with van der Waals surface area (Å²) in [7, 11) is 0. The second-order valence-electron chi connectivity index (χ2n) is 5.31. The zero-order valence-corrected chi connectivity index (χ0v) is 30.4. The SMILES string of the molecule is BrC1C=CC(Br)(OC2(Br)C=CC(Br)C(Br)(Br)C2(Br)Br)C(Br)(Br)C1(Br)Br. The van der Waals surface area contributed by atoms with Gasteiger partial charge in [0.1, 0.15) is 12.9 Å². The number of alkyl halides is 12. The van der Waals surface area contributed by atoms with E-state index in [1.165, 1.54) is 0 Å². The van der Waals surface area contributed by atoms with Crippen LogP contribution in [0.3, 0.4) is 0 Å². The average Bonchev–Trinajstić information content (AvgIpc) is 2.46. The van der Waals surface area contributed by atoms with Crippen LogP contribution in [-0.2, 0) is 4.74 Å². The van der Waals surface area contributed by atoms with Gasteiger partial charge in [-0.2, -0.15) is 0 Å². The fourth-order valence-corrected chi connectivity index (χ4v) is 10.7. The molecule has 0 aromatic heterocycles. The molecule has 0 N–H and O–H groups in total. The molecule has 2 aliphatic carbocycles. The van der Waals surface area contributed by atoms with Gasteiger partial charge in [-0.15, -0.1) is 0 Å². The summed E-state index contributed by atoms with van der Waals surface area (Å²) in [6.45, 7) is 0. The number of allylic oxidation sites excluding steroid dienone is 2. The number of ether oxygens (including phenoxy) is 1. The van der Waals surface area contributed by atoms with Gasteiger partial charge in [0.15, 0.2) is 9.02 Å². The van der Waals surface area contributed by atoms with Crippen LogP contribution >= 0.6 is 191 Å². The van der Waals surface area contributed by atoms with Crippen LogP contribution in [0.25, 0.3) is 0 Å². The molecule has 0 bridgehead atoms. The minimum Gasteiger partial charge on any atom is -0.334 e. The third-order valence-electron chi connectivity index (χ3n) is 3.64. The van der Waals surface area contributed by atoms with Gasteiger partial charge in [-0.1, -0.05) is 171 Å². The number of rotatable bonds is 2. The van der Waals surface area contributed by atoms with E-state index in [2.05, 4.69) is 191 Å². The van der Waals surface area contributed by atoms with E-state index in [1.807, 2.05) is 24.3 Å². The lowest BCUT2D eigenvalue weighted by atomic mass is 10.0. The third-order valence-corrected chi connectivity index (χ3v) is 25.7. The van der Waals surface area contributed by atoms with Crippen molar-refractivity contribution in [2.75, 3.05) is 0 Å². The smallest absolute Gasteiger partial charge is 0.170 e. The largest absolute Gasteiger partial charge is 0.334 e. The maximum Gasteiger partial charge on any atom is 0.170 e. The van der Waals surface area contributed by atoms with Gasteiger partial charge in [-0.3, -0.25) is 0 Å². The van der Waals surface area contributed by atoms with Gasteiger partial charge in [0.2, 0.25) is 0 Å². The molecule has 13 heteroatoms. The number of hydrogen-bond acceptors (Lipinski definition) is 1. The van der Waals surface area contributed by atoms with E-state index in [4.69, 9.17) is 4.74 Å². The summed E-state index contributed by atoms with van der Waals surface area (Å²) in [5.41, 5.74) is 0. The van der Waals surface area contributed by atoms with Gasteiger partial charge in [-0.25, -0.2) is 0 Å². The van der Waals surface area contributed by atoms with E-state index in [0.717, 1.165) is 0 Å². The van der Waals surface area contributed by atoms with Gasteiger partial charge in [-0.05, 0) is 44.0 Å². The zero-order chi connectivity index (χ0) is 19.7. The van der Waals surface area contributed by atoms with Crippen LogP contribution in [0, 0.1) is 0 Å². The molecule has 0 aliphatic heterocycles. The maximum absolute atomic E-state index is 6.62. The predicted octanol–water partition coefficient (Wildman–Crippen LogP) is 9.80. The molecule has 0 aromatic rings. The molecular weight excluding hydrogens is 1120 g/mol. The highest BCUT2D eigenvalue weighted by Gasteiger charge is 2.69. The minimum atomic E-state index is -0.951. The Morgan fingerprint density at radius 2 is 0.840 bits per heavy atom. The molecule has 0 amide bonds. The minimum absolute atomic E-state index is 0.00254. The maximum atomic E-state index is 6.62. The van der Waals surface area contributed by atoms with Crippen molar-refractivity contribution >= 4 is 191 Å². The van der Waals surface area contributed by atoms with Crippen LogP contribution in [0.4, 0.5) is 0 Å². The molecule has 0 fully saturated rings. The fourth-order valence-electron chi connectivity index (χ4n) is 2.08.